The first-order valence-electron chi connectivity index (χ1n) is 7.40. The summed E-state index contributed by atoms with van der Waals surface area (Å²) in [7, 11) is -2.79. The molecule has 2 nitrogen and oxygen atoms in total. The Hall–Kier alpha value is -1.52. The van der Waals surface area contributed by atoms with Gasteiger partial charge in [-0.3, -0.25) is 0 Å². The summed E-state index contributed by atoms with van der Waals surface area (Å²) in [5.41, 5.74) is -0.908. The normalized spacial score (nSPS) is 23.8. The molecule has 104 valence electrons. The number of aldehydes is 1. The molecule has 1 saturated carbocycles. The van der Waals surface area contributed by atoms with Gasteiger partial charge in [-0.2, -0.15) is 0 Å². The molecule has 0 aromatic heterocycles. The van der Waals surface area contributed by atoms with E-state index in [4.69, 9.17) is 4.11 Å². The molecule has 1 aromatic rings. The molecule has 1 fully saturated rings. The summed E-state index contributed by atoms with van der Waals surface area (Å²) in [6.07, 6.45) is -0.478. The lowest BCUT2D eigenvalue weighted by molar-refractivity contribution is -0.117. The topological polar surface area (TPSA) is 26.3 Å². The number of hydrogen-bond acceptors (Lipinski definition) is 2. The molecule has 0 radical (unpaired) electrons. The molecule has 0 atom stereocenters. The molecule has 19 heavy (non-hydrogen) atoms. The van der Waals surface area contributed by atoms with Crippen LogP contribution in [-0.4, -0.2) is 19.2 Å². The number of halogens is 3. The highest BCUT2D eigenvalue weighted by Crippen LogP contribution is 2.44. The Bertz CT molecular complexity index is 563. The van der Waals surface area contributed by atoms with Crippen molar-refractivity contribution in [1.82, 2.24) is 0 Å². The third kappa shape index (κ3) is 2.60. The molecule has 0 spiro atoms. The molecule has 1 aliphatic rings. The molecule has 0 bridgehead atoms. The van der Waals surface area contributed by atoms with Gasteiger partial charge in [0.2, 0.25) is 5.92 Å². The van der Waals surface area contributed by atoms with Crippen molar-refractivity contribution in [3.05, 3.63) is 29.6 Å². The van der Waals surface area contributed by atoms with Gasteiger partial charge < -0.3 is 9.53 Å². The first kappa shape index (κ1) is 10.3. The second-order valence-electron chi connectivity index (χ2n) is 4.88. The minimum absolute atomic E-state index is 0.0809. The van der Waals surface area contributed by atoms with Crippen molar-refractivity contribution in [3.63, 3.8) is 0 Å². The van der Waals surface area contributed by atoms with E-state index in [1.54, 1.807) is 0 Å². The smallest absolute Gasteiger partial charge is 0.248 e. The lowest BCUT2D eigenvalue weighted by Gasteiger charge is -2.36. The maximum absolute atomic E-state index is 14.0. The average Bonchev–Trinajstić information content (AvgIpc) is 2.40. The summed E-state index contributed by atoms with van der Waals surface area (Å²) >= 11 is 0. The zero-order chi connectivity index (χ0) is 16.6. The van der Waals surface area contributed by atoms with Crippen molar-refractivity contribution in [2.24, 2.45) is 0 Å². The predicted molar refractivity (Wildman–Crippen MR) is 64.1 cm³/mol. The molecule has 0 aliphatic heterocycles. The summed E-state index contributed by atoms with van der Waals surface area (Å²) in [6.45, 7) is 0. The highest BCUT2D eigenvalue weighted by Gasteiger charge is 2.44. The molecule has 2 rings (SSSR count). The average molecular weight is 275 g/mol. The van der Waals surface area contributed by atoms with Gasteiger partial charge in [0.05, 0.1) is 16.6 Å². The molecule has 0 unspecified atom stereocenters. The quantitative estimate of drug-likeness (QED) is 0.789. The third-order valence-corrected chi connectivity index (χ3v) is 3.72. The monoisotopic (exact) mass is 275 g/mol. The maximum atomic E-state index is 14.0. The van der Waals surface area contributed by atoms with Gasteiger partial charge in [0.1, 0.15) is 6.29 Å². The number of carbonyl (C=O) groups is 1. The van der Waals surface area contributed by atoms with Gasteiger partial charge in [0.15, 0.2) is 11.6 Å². The molecule has 0 heterocycles. The Labute approximate surface area is 113 Å². The van der Waals surface area contributed by atoms with E-state index in [1.165, 1.54) is 6.07 Å². The maximum Gasteiger partial charge on any atom is 0.248 e. The first-order valence-corrected chi connectivity index (χ1v) is 5.90. The lowest BCUT2D eigenvalue weighted by atomic mass is 9.69. The second kappa shape index (κ2) is 4.87. The second-order valence-corrected chi connectivity index (χ2v) is 4.88. The standard InChI is InChI=1S/C14H15F3O2/c1-19-12-3-2-10(8-11(12)15)13(9-18)4-6-14(16,17)7-5-13/h2-3,8-9H,4-7H2,1H3/i1D3. The van der Waals surface area contributed by atoms with Gasteiger partial charge in [-0.1, -0.05) is 6.07 Å². The summed E-state index contributed by atoms with van der Waals surface area (Å²) < 4.78 is 65.8. The van der Waals surface area contributed by atoms with Crippen LogP contribution in [0.5, 0.6) is 5.75 Å². The molecule has 0 amide bonds. The van der Waals surface area contributed by atoms with Crippen molar-refractivity contribution in [2.75, 3.05) is 7.04 Å². The number of benzene rings is 1. The van der Waals surface area contributed by atoms with Gasteiger partial charge in [0.25, 0.3) is 0 Å². The van der Waals surface area contributed by atoms with Gasteiger partial charge >= 0.3 is 0 Å². The van der Waals surface area contributed by atoms with Crippen LogP contribution in [0.2, 0.25) is 0 Å². The van der Waals surface area contributed by atoms with Gasteiger partial charge in [-0.05, 0) is 30.5 Å². The zero-order valence-corrected chi connectivity index (χ0v) is 10.1. The Morgan fingerprint density at radius 2 is 2.00 bits per heavy atom. The van der Waals surface area contributed by atoms with E-state index in [-0.39, 0.29) is 18.4 Å². The number of hydrogen-bond donors (Lipinski definition) is 0. The molecular weight excluding hydrogens is 257 g/mol. The zero-order valence-electron chi connectivity index (χ0n) is 13.1. The van der Waals surface area contributed by atoms with Crippen molar-refractivity contribution in [1.29, 1.82) is 0 Å². The van der Waals surface area contributed by atoms with E-state index in [0.29, 0.717) is 6.29 Å². The molecule has 0 saturated heterocycles. The summed E-state index contributed by atoms with van der Waals surface area (Å²) in [5.74, 6) is -4.21. The van der Waals surface area contributed by atoms with Crippen molar-refractivity contribution in [3.8, 4) is 5.75 Å². The van der Waals surface area contributed by atoms with E-state index in [1.807, 2.05) is 0 Å². The van der Waals surface area contributed by atoms with Crippen LogP contribution >= 0.6 is 0 Å². The number of ether oxygens (including phenoxy) is 1. The predicted octanol–water partition coefficient (Wildman–Crippen LogP) is 3.48. The lowest BCUT2D eigenvalue weighted by Crippen LogP contribution is -2.37. The van der Waals surface area contributed by atoms with Crippen LogP contribution in [0.4, 0.5) is 13.2 Å². The van der Waals surface area contributed by atoms with Crippen LogP contribution in [0.1, 0.15) is 35.4 Å². The molecule has 5 heteroatoms. The minimum Gasteiger partial charge on any atom is -0.494 e. The summed E-state index contributed by atoms with van der Waals surface area (Å²) in [4.78, 5) is 11.4. The van der Waals surface area contributed by atoms with Crippen LogP contribution in [0.15, 0.2) is 18.2 Å². The molecular formula is C14H15F3O2. The summed E-state index contributed by atoms with van der Waals surface area (Å²) in [5, 5.41) is 0. The number of methoxy groups -OCH3 is 1. The largest absolute Gasteiger partial charge is 0.494 e. The highest BCUT2D eigenvalue weighted by molar-refractivity contribution is 5.69. The van der Waals surface area contributed by atoms with Crippen LogP contribution in [0, 0.1) is 5.82 Å². The fourth-order valence-electron chi connectivity index (χ4n) is 2.43. The van der Waals surface area contributed by atoms with Gasteiger partial charge in [-0.25, -0.2) is 13.2 Å². The Morgan fingerprint density at radius 3 is 2.53 bits per heavy atom. The van der Waals surface area contributed by atoms with Crippen molar-refractivity contribution in [2.45, 2.75) is 37.0 Å². The van der Waals surface area contributed by atoms with Gasteiger partial charge in [-0.15, -0.1) is 0 Å². The van der Waals surface area contributed by atoms with E-state index in [0.717, 1.165) is 12.1 Å². The Morgan fingerprint density at radius 1 is 1.32 bits per heavy atom. The fourth-order valence-corrected chi connectivity index (χ4v) is 2.43. The third-order valence-electron chi connectivity index (χ3n) is 3.72. The fraction of sp³-hybridized carbons (Fsp3) is 0.500. The molecule has 0 N–H and O–H groups in total. The number of alkyl halides is 2. The van der Waals surface area contributed by atoms with Gasteiger partial charge in [0, 0.05) is 12.8 Å². The highest BCUT2D eigenvalue weighted by atomic mass is 19.3. The van der Waals surface area contributed by atoms with Crippen LogP contribution in [0.3, 0.4) is 0 Å². The van der Waals surface area contributed by atoms with Crippen LogP contribution in [0.25, 0.3) is 0 Å². The van der Waals surface area contributed by atoms with Crippen molar-refractivity contribution >= 4 is 6.29 Å². The number of carbonyl (C=O) groups excluding carboxylic acids is 1. The molecule has 1 aromatic carbocycles. The van der Waals surface area contributed by atoms with Crippen LogP contribution in [-0.2, 0) is 10.2 Å². The van der Waals surface area contributed by atoms with E-state index in [9.17, 15) is 18.0 Å². The Balaban J connectivity index is 2.28. The minimum atomic E-state index is -2.81. The van der Waals surface area contributed by atoms with E-state index in [2.05, 4.69) is 4.74 Å². The summed E-state index contributed by atoms with van der Waals surface area (Å²) in [6, 6.07) is 3.44. The van der Waals surface area contributed by atoms with E-state index >= 15 is 0 Å². The SMILES string of the molecule is [2H]C([2H])([2H])Oc1ccc(C2(C=O)CCC(F)(F)CC2)cc1F. The van der Waals surface area contributed by atoms with Crippen molar-refractivity contribution < 1.29 is 26.8 Å². The van der Waals surface area contributed by atoms with E-state index < -0.39 is 42.8 Å². The molecule has 1 aliphatic carbocycles. The first-order chi connectivity index (χ1) is 10.1. The number of rotatable bonds is 3. The van der Waals surface area contributed by atoms with Crippen LogP contribution < -0.4 is 4.74 Å². The Kier molecular flexibility index (Phi) is 2.64.